The van der Waals surface area contributed by atoms with E-state index in [0.717, 1.165) is 22.3 Å². The van der Waals surface area contributed by atoms with Crippen molar-refractivity contribution in [2.45, 2.75) is 31.8 Å². The number of allylic oxidation sites excluding steroid dienone is 1. The molecule has 6 heteroatoms. The van der Waals surface area contributed by atoms with Crippen LogP contribution in [0.25, 0.3) is 6.08 Å². The molecule has 0 saturated carbocycles. The van der Waals surface area contributed by atoms with Gasteiger partial charge in [0.05, 0.1) is 4.91 Å². The highest BCUT2D eigenvalue weighted by Gasteiger charge is 2.40. The van der Waals surface area contributed by atoms with E-state index in [1.54, 1.807) is 13.1 Å². The zero-order valence-corrected chi connectivity index (χ0v) is 16.0. The van der Waals surface area contributed by atoms with E-state index in [0.29, 0.717) is 24.2 Å². The number of likely N-dealkylation sites (N-methyl/N-ethyl adjacent to an activating group) is 1. The van der Waals surface area contributed by atoms with E-state index in [4.69, 9.17) is 0 Å². The van der Waals surface area contributed by atoms with Crippen LogP contribution < -0.4 is 5.32 Å². The minimum atomic E-state index is -3.74. The van der Waals surface area contributed by atoms with Crippen LogP contribution in [0.4, 0.5) is 0 Å². The first-order chi connectivity index (χ1) is 13.0. The van der Waals surface area contributed by atoms with Gasteiger partial charge in [-0.1, -0.05) is 48.5 Å². The molecule has 2 aromatic rings. The predicted octanol–water partition coefficient (Wildman–Crippen LogP) is 2.48. The Labute approximate surface area is 159 Å². The molecule has 5 nitrogen and oxygen atoms in total. The largest absolute Gasteiger partial charge is 0.358 e. The summed E-state index contributed by atoms with van der Waals surface area (Å²) in [6, 6.07) is 14.8. The van der Waals surface area contributed by atoms with Gasteiger partial charge in [0.2, 0.25) is 15.9 Å². The second-order valence-electron chi connectivity index (χ2n) is 6.96. The van der Waals surface area contributed by atoms with Gasteiger partial charge in [-0.25, -0.2) is 8.42 Å². The van der Waals surface area contributed by atoms with Gasteiger partial charge in [-0.15, -0.1) is 0 Å². The maximum Gasteiger partial charge on any atom is 0.240 e. The van der Waals surface area contributed by atoms with Crippen molar-refractivity contribution in [1.29, 1.82) is 0 Å². The second-order valence-corrected chi connectivity index (χ2v) is 8.91. The summed E-state index contributed by atoms with van der Waals surface area (Å²) in [7, 11) is -2.20. The number of nitrogens with zero attached hydrogens (tertiary/aromatic N) is 1. The Morgan fingerprint density at radius 2 is 1.67 bits per heavy atom. The number of carbonyl (C=O) groups excluding carboxylic acids is 1. The summed E-state index contributed by atoms with van der Waals surface area (Å²) in [5.41, 5.74) is 4.08. The maximum absolute atomic E-state index is 13.5. The van der Waals surface area contributed by atoms with Gasteiger partial charge in [0.15, 0.2) is 0 Å². The summed E-state index contributed by atoms with van der Waals surface area (Å²) in [5, 5.41) is 2.62. The van der Waals surface area contributed by atoms with Crippen LogP contribution in [0, 0.1) is 0 Å². The SMILES string of the molecule is CNC(=O)C1Cc2ccccc2CN1S(=O)(=O)C1=Cc2ccccc2CC1. The fourth-order valence-corrected chi connectivity index (χ4v) is 5.65. The summed E-state index contributed by atoms with van der Waals surface area (Å²) < 4.78 is 28.3. The molecule has 0 saturated heterocycles. The van der Waals surface area contributed by atoms with Gasteiger partial charge >= 0.3 is 0 Å². The van der Waals surface area contributed by atoms with Crippen LogP contribution in [0.15, 0.2) is 53.4 Å². The quantitative estimate of drug-likeness (QED) is 0.887. The molecule has 1 unspecified atom stereocenters. The Morgan fingerprint density at radius 1 is 1.00 bits per heavy atom. The average Bonchev–Trinajstić information content (AvgIpc) is 2.71. The third-order valence-corrected chi connectivity index (χ3v) is 7.39. The van der Waals surface area contributed by atoms with Gasteiger partial charge in [0.25, 0.3) is 0 Å². The van der Waals surface area contributed by atoms with Crippen LogP contribution >= 0.6 is 0 Å². The van der Waals surface area contributed by atoms with Crippen LogP contribution in [-0.4, -0.2) is 31.7 Å². The highest BCUT2D eigenvalue weighted by atomic mass is 32.2. The number of nitrogens with one attached hydrogen (secondary N) is 1. The van der Waals surface area contributed by atoms with Gasteiger partial charge in [0, 0.05) is 13.6 Å². The predicted molar refractivity (Wildman–Crippen MR) is 105 cm³/mol. The minimum absolute atomic E-state index is 0.218. The molecule has 0 aromatic heterocycles. The standard InChI is InChI=1S/C21H22N2O3S/c1-22-21(24)20-13-17-8-4-5-9-18(17)14-23(20)27(25,26)19-11-10-15-6-2-3-7-16(15)12-19/h2-9,12,20H,10-11,13-14H2,1H3,(H,22,24). The Hall–Kier alpha value is -2.44. The Morgan fingerprint density at radius 3 is 2.41 bits per heavy atom. The van der Waals surface area contributed by atoms with Crippen LogP contribution in [0.1, 0.15) is 28.7 Å². The number of hydrogen-bond acceptors (Lipinski definition) is 3. The zero-order valence-electron chi connectivity index (χ0n) is 15.2. The van der Waals surface area contributed by atoms with Crippen LogP contribution in [0.2, 0.25) is 0 Å². The van der Waals surface area contributed by atoms with Crippen molar-refractivity contribution >= 4 is 22.0 Å². The minimum Gasteiger partial charge on any atom is -0.358 e. The summed E-state index contributed by atoms with van der Waals surface area (Å²) in [5.74, 6) is -0.273. The first-order valence-electron chi connectivity index (χ1n) is 9.09. The average molecular weight is 382 g/mol. The summed E-state index contributed by atoms with van der Waals surface area (Å²) in [6.45, 7) is 0.218. The number of sulfonamides is 1. The van der Waals surface area contributed by atoms with E-state index in [1.807, 2.05) is 48.5 Å². The van der Waals surface area contributed by atoms with Crippen molar-refractivity contribution < 1.29 is 13.2 Å². The van der Waals surface area contributed by atoms with Gasteiger partial charge in [-0.2, -0.15) is 4.31 Å². The Balaban J connectivity index is 1.75. The number of aryl methyl sites for hydroxylation is 1. The topological polar surface area (TPSA) is 66.5 Å². The normalized spacial score (nSPS) is 19.6. The van der Waals surface area contributed by atoms with Crippen molar-refractivity contribution in [2.24, 2.45) is 0 Å². The van der Waals surface area contributed by atoms with Crippen molar-refractivity contribution in [3.8, 4) is 0 Å². The van der Waals surface area contributed by atoms with Crippen molar-refractivity contribution in [2.75, 3.05) is 7.05 Å². The number of benzene rings is 2. The zero-order chi connectivity index (χ0) is 19.0. The summed E-state index contributed by atoms with van der Waals surface area (Å²) in [4.78, 5) is 12.9. The molecule has 27 heavy (non-hydrogen) atoms. The third kappa shape index (κ3) is 3.19. The van der Waals surface area contributed by atoms with Gasteiger partial charge < -0.3 is 5.32 Å². The molecule has 1 amide bonds. The number of rotatable bonds is 3. The summed E-state index contributed by atoms with van der Waals surface area (Å²) >= 11 is 0. The van der Waals surface area contributed by atoms with E-state index in [2.05, 4.69) is 5.32 Å². The highest BCUT2D eigenvalue weighted by molar-refractivity contribution is 7.93. The first kappa shape index (κ1) is 17.9. The second kappa shape index (κ2) is 6.94. The van der Waals surface area contributed by atoms with Crippen LogP contribution in [0.3, 0.4) is 0 Å². The van der Waals surface area contributed by atoms with Crippen molar-refractivity contribution in [1.82, 2.24) is 9.62 Å². The molecule has 1 heterocycles. The molecule has 1 atom stereocenters. The fourth-order valence-electron chi connectivity index (χ4n) is 3.90. The Kier molecular flexibility index (Phi) is 4.61. The monoisotopic (exact) mass is 382 g/mol. The molecule has 1 N–H and O–H groups in total. The van der Waals surface area contributed by atoms with E-state index >= 15 is 0 Å². The molecule has 1 aliphatic carbocycles. The summed E-state index contributed by atoms with van der Waals surface area (Å²) in [6.07, 6.45) is 3.29. The number of carbonyl (C=O) groups is 1. The molecule has 0 bridgehead atoms. The lowest BCUT2D eigenvalue weighted by Crippen LogP contribution is -2.52. The fraction of sp³-hybridized carbons (Fsp3) is 0.286. The molecule has 140 valence electrons. The number of amides is 1. The molecular formula is C21H22N2O3S. The highest BCUT2D eigenvalue weighted by Crippen LogP contribution is 2.33. The number of fused-ring (bicyclic) bond motifs is 2. The van der Waals surface area contributed by atoms with Gasteiger partial charge in [-0.3, -0.25) is 4.79 Å². The van der Waals surface area contributed by atoms with E-state index < -0.39 is 16.1 Å². The number of hydrogen-bond donors (Lipinski definition) is 1. The molecular weight excluding hydrogens is 360 g/mol. The van der Waals surface area contributed by atoms with E-state index in [-0.39, 0.29) is 12.5 Å². The first-order valence-corrected chi connectivity index (χ1v) is 10.5. The van der Waals surface area contributed by atoms with Crippen molar-refractivity contribution in [3.63, 3.8) is 0 Å². The van der Waals surface area contributed by atoms with Crippen molar-refractivity contribution in [3.05, 3.63) is 75.7 Å². The molecule has 0 spiro atoms. The lowest BCUT2D eigenvalue weighted by atomic mass is 9.95. The third-order valence-electron chi connectivity index (χ3n) is 5.41. The smallest absolute Gasteiger partial charge is 0.240 e. The molecule has 4 rings (SSSR count). The van der Waals surface area contributed by atoms with E-state index in [1.165, 1.54) is 4.31 Å². The lowest BCUT2D eigenvalue weighted by Gasteiger charge is -2.35. The van der Waals surface area contributed by atoms with Crippen LogP contribution in [-0.2, 0) is 34.2 Å². The molecule has 1 aliphatic heterocycles. The van der Waals surface area contributed by atoms with E-state index in [9.17, 15) is 13.2 Å². The molecule has 2 aliphatic rings. The lowest BCUT2D eigenvalue weighted by molar-refractivity contribution is -0.124. The molecule has 0 radical (unpaired) electrons. The maximum atomic E-state index is 13.5. The van der Waals surface area contributed by atoms with Crippen LogP contribution in [0.5, 0.6) is 0 Å². The van der Waals surface area contributed by atoms with Gasteiger partial charge in [0.1, 0.15) is 6.04 Å². The molecule has 0 fully saturated rings. The Bertz CT molecular complexity index is 1030. The molecule has 2 aromatic carbocycles. The van der Waals surface area contributed by atoms with Gasteiger partial charge in [-0.05, 0) is 47.6 Å².